The zero-order chi connectivity index (χ0) is 12.7. The third-order valence-corrected chi connectivity index (χ3v) is 2.64. The van der Waals surface area contributed by atoms with Crippen LogP contribution in [0.15, 0.2) is 41.5 Å². The van der Waals surface area contributed by atoms with Crippen LogP contribution < -0.4 is 5.69 Å². The van der Waals surface area contributed by atoms with Crippen molar-refractivity contribution in [3.8, 4) is 5.69 Å². The first-order chi connectivity index (χ1) is 8.68. The van der Waals surface area contributed by atoms with E-state index < -0.39 is 17.3 Å². The Morgan fingerprint density at radius 1 is 1.22 bits per heavy atom. The average Bonchev–Trinajstić information content (AvgIpc) is 2.72. The van der Waals surface area contributed by atoms with Crippen molar-refractivity contribution in [2.45, 2.75) is 0 Å². The van der Waals surface area contributed by atoms with Gasteiger partial charge in [-0.05, 0) is 24.3 Å². The predicted octanol–water partition coefficient (Wildman–Crippen LogP) is 1.99. The van der Waals surface area contributed by atoms with Crippen molar-refractivity contribution >= 4 is 11.0 Å². The van der Waals surface area contributed by atoms with Gasteiger partial charge in [-0.2, -0.15) is 0 Å². The molecule has 18 heavy (non-hydrogen) atoms. The van der Waals surface area contributed by atoms with E-state index >= 15 is 0 Å². The largest absolute Gasteiger partial charge is 0.331 e. The molecule has 0 radical (unpaired) electrons. The zero-order valence-electron chi connectivity index (χ0n) is 9.02. The van der Waals surface area contributed by atoms with Crippen LogP contribution in [0, 0.1) is 11.6 Å². The summed E-state index contributed by atoms with van der Waals surface area (Å²) in [5, 5.41) is 0. The fraction of sp³-hybridized carbons (Fsp3) is 0. The van der Waals surface area contributed by atoms with Gasteiger partial charge < -0.3 is 4.98 Å². The molecule has 3 aromatic rings. The van der Waals surface area contributed by atoms with Gasteiger partial charge in [0, 0.05) is 6.20 Å². The molecule has 0 bridgehead atoms. The second-order valence-electron chi connectivity index (χ2n) is 3.73. The normalized spacial score (nSPS) is 11.0. The number of aromatic amines is 1. The van der Waals surface area contributed by atoms with E-state index in [1.807, 2.05) is 0 Å². The molecule has 1 N–H and O–H groups in total. The standard InChI is InChI=1S/C12H7F2N3O/c13-8-3-4-9-11(10(8)14)17(12(18)16-9)7-2-1-5-15-6-7/h1-6H,(H,16,18). The second kappa shape index (κ2) is 3.76. The van der Waals surface area contributed by atoms with E-state index in [-0.39, 0.29) is 11.0 Å². The van der Waals surface area contributed by atoms with Crippen molar-refractivity contribution < 1.29 is 8.78 Å². The molecule has 0 aliphatic carbocycles. The topological polar surface area (TPSA) is 50.7 Å². The van der Waals surface area contributed by atoms with Crippen LogP contribution in [0.3, 0.4) is 0 Å². The molecule has 0 saturated heterocycles. The molecule has 2 heterocycles. The van der Waals surface area contributed by atoms with Crippen molar-refractivity contribution in [3.05, 3.63) is 58.8 Å². The fourth-order valence-corrected chi connectivity index (χ4v) is 1.86. The number of hydrogen-bond donors (Lipinski definition) is 1. The molecule has 0 atom stereocenters. The van der Waals surface area contributed by atoms with Gasteiger partial charge in [0.1, 0.15) is 5.52 Å². The Morgan fingerprint density at radius 2 is 2.06 bits per heavy atom. The number of H-pyrrole nitrogens is 1. The van der Waals surface area contributed by atoms with Crippen LogP contribution >= 0.6 is 0 Å². The SMILES string of the molecule is O=c1[nH]c2ccc(F)c(F)c2n1-c1cccnc1. The summed E-state index contributed by atoms with van der Waals surface area (Å²) in [6, 6.07) is 5.49. The smallest absolute Gasteiger partial charge is 0.305 e. The van der Waals surface area contributed by atoms with Crippen molar-refractivity contribution in [1.82, 2.24) is 14.5 Å². The summed E-state index contributed by atoms with van der Waals surface area (Å²) >= 11 is 0. The Hall–Kier alpha value is -2.50. The maximum atomic E-state index is 13.8. The van der Waals surface area contributed by atoms with E-state index in [1.165, 1.54) is 18.5 Å². The lowest BCUT2D eigenvalue weighted by molar-refractivity contribution is 0.514. The van der Waals surface area contributed by atoms with Gasteiger partial charge in [0.15, 0.2) is 11.6 Å². The van der Waals surface area contributed by atoms with Gasteiger partial charge in [-0.3, -0.25) is 9.55 Å². The number of aromatic nitrogens is 3. The second-order valence-corrected chi connectivity index (χ2v) is 3.73. The van der Waals surface area contributed by atoms with Gasteiger partial charge in [-0.15, -0.1) is 0 Å². The molecule has 0 aliphatic rings. The van der Waals surface area contributed by atoms with Crippen LogP contribution in [-0.4, -0.2) is 14.5 Å². The fourth-order valence-electron chi connectivity index (χ4n) is 1.86. The van der Waals surface area contributed by atoms with Crippen LogP contribution in [0.5, 0.6) is 0 Å². The third-order valence-electron chi connectivity index (χ3n) is 2.64. The lowest BCUT2D eigenvalue weighted by Crippen LogP contribution is -2.15. The molecule has 0 fully saturated rings. The molecule has 0 saturated carbocycles. The Balaban J connectivity index is 2.46. The van der Waals surface area contributed by atoms with Crippen molar-refractivity contribution in [1.29, 1.82) is 0 Å². The number of fused-ring (bicyclic) bond motifs is 1. The molecule has 3 rings (SSSR count). The van der Waals surface area contributed by atoms with Crippen molar-refractivity contribution in [2.75, 3.05) is 0 Å². The van der Waals surface area contributed by atoms with Gasteiger partial charge in [-0.25, -0.2) is 13.6 Å². The van der Waals surface area contributed by atoms with E-state index in [4.69, 9.17) is 0 Å². The molecule has 90 valence electrons. The summed E-state index contributed by atoms with van der Waals surface area (Å²) in [7, 11) is 0. The minimum absolute atomic E-state index is 0.118. The molecule has 1 aromatic carbocycles. The number of halogens is 2. The molecule has 0 aliphatic heterocycles. The molecular formula is C12H7F2N3O. The summed E-state index contributed by atoms with van der Waals surface area (Å²) in [5.41, 5.74) is -0.0449. The monoisotopic (exact) mass is 247 g/mol. The minimum atomic E-state index is -1.06. The van der Waals surface area contributed by atoms with E-state index in [9.17, 15) is 13.6 Å². The molecule has 6 heteroatoms. The first-order valence-corrected chi connectivity index (χ1v) is 5.17. The average molecular weight is 247 g/mol. The Morgan fingerprint density at radius 3 is 2.78 bits per heavy atom. The van der Waals surface area contributed by atoms with E-state index in [1.54, 1.807) is 12.1 Å². The first kappa shape index (κ1) is 10.6. The third kappa shape index (κ3) is 1.42. The minimum Gasteiger partial charge on any atom is -0.305 e. The highest BCUT2D eigenvalue weighted by Crippen LogP contribution is 2.20. The Labute approximate surface area is 99.5 Å². The Kier molecular flexibility index (Phi) is 2.22. The van der Waals surface area contributed by atoms with Crippen LogP contribution in [0.2, 0.25) is 0 Å². The van der Waals surface area contributed by atoms with Crippen LogP contribution in [0.1, 0.15) is 0 Å². The summed E-state index contributed by atoms with van der Waals surface area (Å²) in [6.07, 6.45) is 2.93. The zero-order valence-corrected chi connectivity index (χ0v) is 9.02. The molecule has 4 nitrogen and oxygen atoms in total. The highest BCUT2D eigenvalue weighted by atomic mass is 19.2. The van der Waals surface area contributed by atoms with E-state index in [0.29, 0.717) is 5.69 Å². The van der Waals surface area contributed by atoms with E-state index in [0.717, 1.165) is 10.6 Å². The first-order valence-electron chi connectivity index (χ1n) is 5.17. The van der Waals surface area contributed by atoms with Gasteiger partial charge in [0.25, 0.3) is 0 Å². The van der Waals surface area contributed by atoms with Gasteiger partial charge >= 0.3 is 5.69 Å². The molecule has 0 unspecified atom stereocenters. The number of pyridine rings is 1. The maximum Gasteiger partial charge on any atom is 0.331 e. The van der Waals surface area contributed by atoms with Crippen LogP contribution in [0.25, 0.3) is 16.7 Å². The summed E-state index contributed by atoms with van der Waals surface area (Å²) < 4.78 is 28.1. The van der Waals surface area contributed by atoms with Crippen molar-refractivity contribution in [2.24, 2.45) is 0 Å². The summed E-state index contributed by atoms with van der Waals surface area (Å²) in [4.78, 5) is 18.1. The molecule has 0 spiro atoms. The van der Waals surface area contributed by atoms with Gasteiger partial charge in [0.05, 0.1) is 17.4 Å². The van der Waals surface area contributed by atoms with Crippen LogP contribution in [-0.2, 0) is 0 Å². The van der Waals surface area contributed by atoms with Crippen molar-refractivity contribution in [3.63, 3.8) is 0 Å². The van der Waals surface area contributed by atoms with E-state index in [2.05, 4.69) is 9.97 Å². The van der Waals surface area contributed by atoms with Gasteiger partial charge in [-0.1, -0.05) is 0 Å². The predicted molar refractivity (Wildman–Crippen MR) is 61.6 cm³/mol. The number of nitrogens with zero attached hydrogens (tertiary/aromatic N) is 2. The number of rotatable bonds is 1. The maximum absolute atomic E-state index is 13.8. The summed E-state index contributed by atoms with van der Waals surface area (Å²) in [5.74, 6) is -2.06. The lowest BCUT2D eigenvalue weighted by atomic mass is 10.3. The highest BCUT2D eigenvalue weighted by Gasteiger charge is 2.16. The quantitative estimate of drug-likeness (QED) is 0.715. The molecule has 2 aromatic heterocycles. The molecular weight excluding hydrogens is 240 g/mol. The van der Waals surface area contributed by atoms with Gasteiger partial charge in [0.2, 0.25) is 0 Å². The number of nitrogens with one attached hydrogen (secondary N) is 1. The summed E-state index contributed by atoms with van der Waals surface area (Å²) in [6.45, 7) is 0. The number of imidazole rings is 1. The molecule has 0 amide bonds. The number of benzene rings is 1. The number of hydrogen-bond acceptors (Lipinski definition) is 2. The highest BCUT2D eigenvalue weighted by molar-refractivity contribution is 5.78. The Bertz CT molecular complexity index is 777. The van der Waals surface area contributed by atoms with Crippen LogP contribution in [0.4, 0.5) is 8.78 Å². The lowest BCUT2D eigenvalue weighted by Gasteiger charge is -2.03.